The van der Waals surface area contributed by atoms with Crippen molar-refractivity contribution in [3.63, 3.8) is 0 Å². The van der Waals surface area contributed by atoms with Crippen LogP contribution in [0.3, 0.4) is 0 Å². The van der Waals surface area contributed by atoms with Crippen molar-refractivity contribution in [2.45, 2.75) is 238 Å². The van der Waals surface area contributed by atoms with Crippen LogP contribution in [0.2, 0.25) is 0 Å². The molecule has 0 saturated heterocycles. The van der Waals surface area contributed by atoms with Crippen LogP contribution in [-0.2, 0) is 4.79 Å². The lowest BCUT2D eigenvalue weighted by Gasteiger charge is -2.20. The van der Waals surface area contributed by atoms with Crippen molar-refractivity contribution < 1.29 is 15.0 Å². The fourth-order valence-electron chi connectivity index (χ4n) is 6.50. The number of hydrogen-bond donors (Lipinski definition) is 3. The van der Waals surface area contributed by atoms with Crippen LogP contribution in [0.1, 0.15) is 226 Å². The topological polar surface area (TPSA) is 69.6 Å². The van der Waals surface area contributed by atoms with Crippen LogP contribution in [0.4, 0.5) is 0 Å². The first-order valence-corrected chi connectivity index (χ1v) is 21.7. The molecule has 0 bridgehead atoms. The summed E-state index contributed by atoms with van der Waals surface area (Å²) in [5, 5.41) is 22.9. The predicted molar refractivity (Wildman–Crippen MR) is 216 cm³/mol. The van der Waals surface area contributed by atoms with Gasteiger partial charge >= 0.3 is 0 Å². The summed E-state index contributed by atoms with van der Waals surface area (Å²) in [7, 11) is 0. The van der Waals surface area contributed by atoms with Crippen LogP contribution in [0, 0.1) is 0 Å². The van der Waals surface area contributed by atoms with Crippen LogP contribution in [0.25, 0.3) is 0 Å². The maximum Gasteiger partial charge on any atom is 0.220 e. The van der Waals surface area contributed by atoms with Gasteiger partial charge in [-0.3, -0.25) is 4.79 Å². The molecular formula is C45H85NO3. The number of rotatable bonds is 39. The predicted octanol–water partition coefficient (Wildman–Crippen LogP) is 13.4. The van der Waals surface area contributed by atoms with Crippen molar-refractivity contribution in [1.29, 1.82) is 0 Å². The van der Waals surface area contributed by atoms with E-state index in [2.05, 4.69) is 43.5 Å². The highest BCUT2D eigenvalue weighted by molar-refractivity contribution is 5.76. The minimum absolute atomic E-state index is 0.0656. The molecule has 3 N–H and O–H groups in total. The molecule has 0 heterocycles. The summed E-state index contributed by atoms with van der Waals surface area (Å²) in [5.41, 5.74) is 0. The molecule has 0 aromatic carbocycles. The molecule has 0 aromatic rings. The van der Waals surface area contributed by atoms with Crippen molar-refractivity contribution in [3.05, 3.63) is 36.5 Å². The van der Waals surface area contributed by atoms with Crippen LogP contribution in [-0.4, -0.2) is 34.9 Å². The highest BCUT2D eigenvalue weighted by Gasteiger charge is 2.17. The van der Waals surface area contributed by atoms with Gasteiger partial charge in [-0.05, 0) is 51.4 Å². The van der Waals surface area contributed by atoms with Crippen molar-refractivity contribution in [1.82, 2.24) is 5.32 Å². The summed E-state index contributed by atoms with van der Waals surface area (Å²) in [6.45, 7) is 4.28. The molecule has 1 amide bonds. The maximum atomic E-state index is 12.3. The van der Waals surface area contributed by atoms with Crippen LogP contribution in [0.5, 0.6) is 0 Å². The summed E-state index contributed by atoms with van der Waals surface area (Å²) in [6.07, 6.45) is 54.0. The molecule has 0 rings (SSSR count). The lowest BCUT2D eigenvalue weighted by atomic mass is 10.0. The molecular weight excluding hydrogens is 602 g/mol. The molecule has 4 heteroatoms. The largest absolute Gasteiger partial charge is 0.394 e. The van der Waals surface area contributed by atoms with Crippen molar-refractivity contribution >= 4 is 5.91 Å². The van der Waals surface area contributed by atoms with E-state index in [0.29, 0.717) is 6.42 Å². The second-order valence-corrected chi connectivity index (χ2v) is 14.8. The smallest absolute Gasteiger partial charge is 0.220 e. The third kappa shape index (κ3) is 37.7. The number of carbonyl (C=O) groups is 1. The third-order valence-electron chi connectivity index (χ3n) is 9.87. The summed E-state index contributed by atoms with van der Waals surface area (Å²) >= 11 is 0. The molecule has 49 heavy (non-hydrogen) atoms. The van der Waals surface area contributed by atoms with Crippen molar-refractivity contribution in [2.24, 2.45) is 0 Å². The van der Waals surface area contributed by atoms with Gasteiger partial charge in [-0.1, -0.05) is 204 Å². The number of allylic oxidation sites excluding steroid dienone is 5. The number of aliphatic hydroxyl groups is 2. The first kappa shape index (κ1) is 47.6. The zero-order valence-corrected chi connectivity index (χ0v) is 33.0. The van der Waals surface area contributed by atoms with E-state index in [9.17, 15) is 15.0 Å². The number of nitrogens with one attached hydrogen (secondary N) is 1. The molecule has 2 atom stereocenters. The minimum Gasteiger partial charge on any atom is -0.394 e. The Morgan fingerprint density at radius 3 is 1.22 bits per heavy atom. The molecule has 0 aliphatic heterocycles. The summed E-state index contributed by atoms with van der Waals surface area (Å²) in [4.78, 5) is 12.3. The van der Waals surface area contributed by atoms with E-state index in [0.717, 1.165) is 32.1 Å². The number of unbranched alkanes of at least 4 members (excludes halogenated alkanes) is 28. The molecule has 0 saturated carbocycles. The van der Waals surface area contributed by atoms with Gasteiger partial charge in [-0.2, -0.15) is 0 Å². The SMILES string of the molecule is CCCCCCC/C=C\C/C=C\CCCCCCCCCCCCCCCCCC(=O)NC(CO)C(O)/C=C/CCCCCCCCCC. The van der Waals surface area contributed by atoms with Crippen LogP contribution < -0.4 is 5.32 Å². The fraction of sp³-hybridized carbons (Fsp3) is 0.844. The van der Waals surface area contributed by atoms with Gasteiger partial charge in [0.15, 0.2) is 0 Å². The number of carbonyl (C=O) groups excluding carboxylic acids is 1. The zero-order valence-electron chi connectivity index (χ0n) is 33.0. The Morgan fingerprint density at radius 1 is 0.490 bits per heavy atom. The Kier molecular flexibility index (Phi) is 39.9. The lowest BCUT2D eigenvalue weighted by Crippen LogP contribution is -2.45. The Balaban J connectivity index is 3.48. The number of hydrogen-bond acceptors (Lipinski definition) is 3. The van der Waals surface area contributed by atoms with Crippen LogP contribution in [0.15, 0.2) is 36.5 Å². The maximum absolute atomic E-state index is 12.3. The molecule has 0 radical (unpaired) electrons. The molecule has 0 aliphatic rings. The summed E-state index contributed by atoms with van der Waals surface area (Å²) in [6, 6.07) is -0.618. The Hall–Kier alpha value is -1.39. The second-order valence-electron chi connectivity index (χ2n) is 14.8. The second kappa shape index (κ2) is 41.0. The quantitative estimate of drug-likeness (QED) is 0.0445. The summed E-state index contributed by atoms with van der Waals surface area (Å²) < 4.78 is 0. The van der Waals surface area contributed by atoms with Gasteiger partial charge in [0.05, 0.1) is 18.8 Å². The van der Waals surface area contributed by atoms with Gasteiger partial charge < -0.3 is 15.5 Å². The normalized spacial score (nSPS) is 13.3. The third-order valence-corrected chi connectivity index (χ3v) is 9.87. The van der Waals surface area contributed by atoms with Crippen LogP contribution >= 0.6 is 0 Å². The lowest BCUT2D eigenvalue weighted by molar-refractivity contribution is -0.123. The van der Waals surface area contributed by atoms with E-state index >= 15 is 0 Å². The highest BCUT2D eigenvalue weighted by Crippen LogP contribution is 2.15. The fourth-order valence-corrected chi connectivity index (χ4v) is 6.50. The van der Waals surface area contributed by atoms with Gasteiger partial charge in [0.1, 0.15) is 0 Å². The van der Waals surface area contributed by atoms with E-state index in [1.165, 1.54) is 173 Å². The van der Waals surface area contributed by atoms with Gasteiger partial charge in [-0.25, -0.2) is 0 Å². The standard InChI is InChI=1S/C45H85NO3/c1-3-5-7-9-11-13-15-16-17-18-19-20-21-22-23-24-25-26-27-28-29-30-31-33-35-37-39-41-45(49)46-43(42-47)44(48)40-38-36-34-32-14-12-10-8-6-4-2/h15-16,18-19,38,40,43-44,47-48H,3-14,17,20-37,39,41-42H2,1-2H3,(H,46,49)/b16-15-,19-18-,40-38+. The Labute approximate surface area is 306 Å². The highest BCUT2D eigenvalue weighted by atomic mass is 16.3. The van der Waals surface area contributed by atoms with Gasteiger partial charge in [0, 0.05) is 6.42 Å². The zero-order chi connectivity index (χ0) is 35.7. The van der Waals surface area contributed by atoms with Crippen molar-refractivity contribution in [2.75, 3.05) is 6.61 Å². The average Bonchev–Trinajstić information content (AvgIpc) is 3.10. The van der Waals surface area contributed by atoms with E-state index in [1.807, 2.05) is 6.08 Å². The van der Waals surface area contributed by atoms with E-state index in [1.54, 1.807) is 6.08 Å². The Morgan fingerprint density at radius 2 is 0.837 bits per heavy atom. The molecule has 288 valence electrons. The summed E-state index contributed by atoms with van der Waals surface area (Å²) in [5.74, 6) is -0.0656. The molecule has 4 nitrogen and oxygen atoms in total. The minimum atomic E-state index is -0.835. The molecule has 0 fully saturated rings. The Bertz CT molecular complexity index is 746. The molecule has 2 unspecified atom stereocenters. The molecule has 0 aliphatic carbocycles. The van der Waals surface area contributed by atoms with E-state index < -0.39 is 12.1 Å². The van der Waals surface area contributed by atoms with Crippen molar-refractivity contribution in [3.8, 4) is 0 Å². The van der Waals surface area contributed by atoms with Gasteiger partial charge in [0.25, 0.3) is 0 Å². The molecule has 0 spiro atoms. The first-order valence-electron chi connectivity index (χ1n) is 21.7. The van der Waals surface area contributed by atoms with E-state index in [-0.39, 0.29) is 12.5 Å². The number of amides is 1. The van der Waals surface area contributed by atoms with E-state index in [4.69, 9.17) is 0 Å². The average molecular weight is 688 g/mol. The van der Waals surface area contributed by atoms with Gasteiger partial charge in [0.2, 0.25) is 5.91 Å². The first-order chi connectivity index (χ1) is 24.2. The monoisotopic (exact) mass is 688 g/mol. The molecule has 0 aromatic heterocycles. The number of aliphatic hydroxyl groups excluding tert-OH is 2. The van der Waals surface area contributed by atoms with Gasteiger partial charge in [-0.15, -0.1) is 0 Å².